The normalized spacial score (nSPS) is 10.9. The van der Waals surface area contributed by atoms with Gasteiger partial charge in [-0.3, -0.25) is 0 Å². The van der Waals surface area contributed by atoms with E-state index in [1.165, 1.54) is 6.07 Å². The molecule has 0 radical (unpaired) electrons. The van der Waals surface area contributed by atoms with Crippen LogP contribution in [0.1, 0.15) is 21.5 Å². The first-order chi connectivity index (χ1) is 7.27. The number of hydrogen-bond acceptors (Lipinski definition) is 2. The first kappa shape index (κ1) is 12.5. The molecule has 7 heteroatoms. The highest BCUT2D eigenvalue weighted by atomic mass is 79.9. The molecule has 0 fully saturated rings. The van der Waals surface area contributed by atoms with Crippen LogP contribution in [0.25, 0.3) is 0 Å². The van der Waals surface area contributed by atoms with E-state index in [1.54, 1.807) is 0 Å². The third-order valence-electron chi connectivity index (χ3n) is 1.76. The van der Waals surface area contributed by atoms with Crippen molar-refractivity contribution in [1.82, 2.24) is 0 Å². The topological polar surface area (TPSA) is 61.1 Å². The number of carboxylic acid groups (broad SMARTS) is 1. The van der Waals surface area contributed by atoms with Crippen LogP contribution in [0.2, 0.25) is 0 Å². The van der Waals surface area contributed by atoms with Gasteiger partial charge in [0.15, 0.2) is 0 Å². The van der Waals surface area contributed by atoms with Gasteiger partial charge < -0.3 is 5.11 Å². The van der Waals surface area contributed by atoms with Crippen molar-refractivity contribution in [2.24, 2.45) is 0 Å². The van der Waals surface area contributed by atoms with Crippen LogP contribution in [-0.4, -0.2) is 11.1 Å². The zero-order valence-electron chi connectivity index (χ0n) is 7.47. The minimum atomic E-state index is -4.67. The molecule has 84 valence electrons. The maximum atomic E-state index is 12.4. The van der Waals surface area contributed by atoms with E-state index in [4.69, 9.17) is 10.4 Å². The molecule has 0 aliphatic rings. The summed E-state index contributed by atoms with van der Waals surface area (Å²) in [7, 11) is 0. The summed E-state index contributed by atoms with van der Waals surface area (Å²) in [5, 5.41) is 17.2. The fraction of sp³-hybridized carbons (Fsp3) is 0.111. The van der Waals surface area contributed by atoms with Gasteiger partial charge in [0.25, 0.3) is 0 Å². The van der Waals surface area contributed by atoms with Crippen LogP contribution in [0.3, 0.4) is 0 Å². The third-order valence-corrected chi connectivity index (χ3v) is 2.42. The first-order valence-corrected chi connectivity index (χ1v) is 4.60. The van der Waals surface area contributed by atoms with Crippen molar-refractivity contribution in [3.63, 3.8) is 0 Å². The molecule has 0 aliphatic heterocycles. The summed E-state index contributed by atoms with van der Waals surface area (Å²) in [5.41, 5.74) is -2.12. The lowest BCUT2D eigenvalue weighted by Gasteiger charge is -2.10. The number of rotatable bonds is 1. The van der Waals surface area contributed by atoms with Crippen LogP contribution in [0.5, 0.6) is 0 Å². The van der Waals surface area contributed by atoms with E-state index in [-0.39, 0.29) is 10.0 Å². The fourth-order valence-electron chi connectivity index (χ4n) is 1.06. The maximum absolute atomic E-state index is 12.4. The second kappa shape index (κ2) is 4.14. The molecule has 0 saturated carbocycles. The molecule has 0 saturated heterocycles. The Morgan fingerprint density at radius 3 is 2.38 bits per heavy atom. The summed E-state index contributed by atoms with van der Waals surface area (Å²) in [6, 6.07) is 2.79. The van der Waals surface area contributed by atoms with Gasteiger partial charge in [-0.1, -0.05) is 15.9 Å². The van der Waals surface area contributed by atoms with Crippen molar-refractivity contribution in [1.29, 1.82) is 5.26 Å². The minimum Gasteiger partial charge on any atom is -0.478 e. The van der Waals surface area contributed by atoms with Gasteiger partial charge in [-0.05, 0) is 12.1 Å². The second-order valence-electron chi connectivity index (χ2n) is 2.79. The number of carbonyl (C=O) groups is 1. The van der Waals surface area contributed by atoms with E-state index in [9.17, 15) is 18.0 Å². The van der Waals surface area contributed by atoms with E-state index < -0.39 is 23.3 Å². The van der Waals surface area contributed by atoms with Crippen LogP contribution in [0.15, 0.2) is 16.6 Å². The number of benzene rings is 1. The highest BCUT2D eigenvalue weighted by Crippen LogP contribution is 2.36. The van der Waals surface area contributed by atoms with E-state index in [0.29, 0.717) is 6.07 Å². The van der Waals surface area contributed by atoms with Gasteiger partial charge in [-0.2, -0.15) is 18.4 Å². The molecule has 0 amide bonds. The highest BCUT2D eigenvalue weighted by molar-refractivity contribution is 9.10. The van der Waals surface area contributed by atoms with Gasteiger partial charge in [-0.25, -0.2) is 4.79 Å². The third kappa shape index (κ3) is 2.33. The fourth-order valence-corrected chi connectivity index (χ4v) is 1.63. The predicted molar refractivity (Wildman–Crippen MR) is 50.8 cm³/mol. The predicted octanol–water partition coefficient (Wildman–Crippen LogP) is 3.04. The number of aromatic carboxylic acids is 1. The van der Waals surface area contributed by atoms with E-state index in [2.05, 4.69) is 15.9 Å². The van der Waals surface area contributed by atoms with Gasteiger partial charge in [0, 0.05) is 4.47 Å². The smallest absolute Gasteiger partial charge is 0.417 e. The number of nitrogens with zero attached hydrogens (tertiary/aromatic N) is 1. The molecule has 0 atom stereocenters. The van der Waals surface area contributed by atoms with Crippen LogP contribution < -0.4 is 0 Å². The largest absolute Gasteiger partial charge is 0.478 e. The van der Waals surface area contributed by atoms with Crippen molar-refractivity contribution < 1.29 is 23.1 Å². The Kier molecular flexibility index (Phi) is 3.24. The molecule has 0 aliphatic carbocycles. The van der Waals surface area contributed by atoms with Gasteiger partial charge in [-0.15, -0.1) is 0 Å². The molecular weight excluding hydrogens is 291 g/mol. The van der Waals surface area contributed by atoms with Crippen molar-refractivity contribution in [3.8, 4) is 6.07 Å². The molecule has 0 aromatic heterocycles. The van der Waals surface area contributed by atoms with Crippen molar-refractivity contribution in [3.05, 3.63) is 33.3 Å². The summed E-state index contributed by atoms with van der Waals surface area (Å²) < 4.78 is 36.9. The zero-order valence-corrected chi connectivity index (χ0v) is 9.06. The molecule has 3 nitrogen and oxygen atoms in total. The lowest BCUT2D eigenvalue weighted by molar-refractivity contribution is -0.138. The molecule has 0 spiro atoms. The molecule has 16 heavy (non-hydrogen) atoms. The van der Waals surface area contributed by atoms with E-state index in [1.807, 2.05) is 0 Å². The van der Waals surface area contributed by atoms with Crippen molar-refractivity contribution in [2.45, 2.75) is 6.18 Å². The Bertz CT molecular complexity index is 491. The number of alkyl halides is 3. The SMILES string of the molecule is N#Cc1cc(Br)c(C(F)(F)F)cc1C(=O)O. The lowest BCUT2D eigenvalue weighted by Crippen LogP contribution is -2.10. The molecule has 1 aromatic carbocycles. The summed E-state index contributed by atoms with van der Waals surface area (Å²) in [5.74, 6) is -1.57. The Morgan fingerprint density at radius 2 is 2.00 bits per heavy atom. The Morgan fingerprint density at radius 1 is 1.44 bits per heavy atom. The molecule has 0 bridgehead atoms. The first-order valence-electron chi connectivity index (χ1n) is 3.81. The maximum Gasteiger partial charge on any atom is 0.417 e. The quantitative estimate of drug-likeness (QED) is 0.866. The average molecular weight is 294 g/mol. The number of hydrogen-bond donors (Lipinski definition) is 1. The lowest BCUT2D eigenvalue weighted by atomic mass is 10.0. The molecule has 1 N–H and O–H groups in total. The highest BCUT2D eigenvalue weighted by Gasteiger charge is 2.34. The van der Waals surface area contributed by atoms with Gasteiger partial charge in [0.05, 0.1) is 16.7 Å². The molecule has 0 unspecified atom stereocenters. The van der Waals surface area contributed by atoms with E-state index >= 15 is 0 Å². The van der Waals surface area contributed by atoms with Crippen LogP contribution in [0.4, 0.5) is 13.2 Å². The number of halogens is 4. The molecule has 0 heterocycles. The zero-order chi connectivity index (χ0) is 12.5. The summed E-state index contributed by atoms with van der Waals surface area (Å²) in [6.45, 7) is 0. The monoisotopic (exact) mass is 293 g/mol. The average Bonchev–Trinajstić information content (AvgIpc) is 2.14. The van der Waals surface area contributed by atoms with Crippen LogP contribution in [0, 0.1) is 11.3 Å². The van der Waals surface area contributed by atoms with Crippen LogP contribution >= 0.6 is 15.9 Å². The van der Waals surface area contributed by atoms with Crippen molar-refractivity contribution >= 4 is 21.9 Å². The number of carboxylic acids is 1. The number of nitriles is 1. The van der Waals surface area contributed by atoms with Gasteiger partial charge in [0.1, 0.15) is 6.07 Å². The summed E-state index contributed by atoms with van der Waals surface area (Å²) in [4.78, 5) is 10.6. The minimum absolute atomic E-state index is 0.327. The van der Waals surface area contributed by atoms with Gasteiger partial charge >= 0.3 is 12.1 Å². The Hall–Kier alpha value is -1.55. The molecular formula is C9H3BrF3NO2. The standard InChI is InChI=1S/C9H3BrF3NO2/c10-7-1-4(3-14)5(8(15)16)2-6(7)9(11,12)13/h1-2H,(H,15,16). The Balaban J connectivity index is 3.53. The van der Waals surface area contributed by atoms with Gasteiger partial charge in [0.2, 0.25) is 0 Å². The molecule has 1 rings (SSSR count). The Labute approximate surface area is 96.2 Å². The second-order valence-corrected chi connectivity index (χ2v) is 3.65. The summed E-state index contributed by atoms with van der Waals surface area (Å²) in [6.07, 6.45) is -4.67. The van der Waals surface area contributed by atoms with E-state index in [0.717, 1.165) is 6.07 Å². The summed E-state index contributed by atoms with van der Waals surface area (Å²) >= 11 is 2.64. The van der Waals surface area contributed by atoms with Crippen molar-refractivity contribution in [2.75, 3.05) is 0 Å². The molecule has 1 aromatic rings. The van der Waals surface area contributed by atoms with Crippen LogP contribution in [-0.2, 0) is 6.18 Å².